The van der Waals surface area contributed by atoms with Crippen LogP contribution in [-0.4, -0.2) is 4.92 Å². The van der Waals surface area contributed by atoms with E-state index in [1.807, 2.05) is 0 Å². The Hall–Kier alpha value is -1.66. The summed E-state index contributed by atoms with van der Waals surface area (Å²) in [6.45, 7) is 0.190. The Bertz CT molecular complexity index is 647. The van der Waals surface area contributed by atoms with Gasteiger partial charge in [0.25, 0.3) is 5.69 Å². The molecule has 2 aromatic carbocycles. The van der Waals surface area contributed by atoms with E-state index < -0.39 is 10.7 Å². The van der Waals surface area contributed by atoms with Crippen LogP contribution >= 0.6 is 27.5 Å². The van der Waals surface area contributed by atoms with Crippen molar-refractivity contribution in [3.05, 3.63) is 67.4 Å². The van der Waals surface area contributed by atoms with Crippen LogP contribution in [0, 0.1) is 15.9 Å². The maximum absolute atomic E-state index is 13.6. The molecule has 20 heavy (non-hydrogen) atoms. The minimum absolute atomic E-state index is 0.0283. The summed E-state index contributed by atoms with van der Waals surface area (Å²) < 4.78 is 13.9. The van der Waals surface area contributed by atoms with E-state index in [0.717, 1.165) is 0 Å². The summed E-state index contributed by atoms with van der Waals surface area (Å²) in [5.41, 5.74) is 0.949. The summed E-state index contributed by atoms with van der Waals surface area (Å²) in [5, 5.41) is 14.0. The molecule has 0 saturated carbocycles. The number of hydrogen-bond donors (Lipinski definition) is 1. The topological polar surface area (TPSA) is 55.2 Å². The van der Waals surface area contributed by atoms with Crippen LogP contribution in [-0.2, 0) is 6.54 Å². The fraction of sp³-hybridized carbons (Fsp3) is 0.0769. The van der Waals surface area contributed by atoms with Crippen molar-refractivity contribution in [2.75, 3.05) is 5.32 Å². The minimum Gasteiger partial charge on any atom is -0.381 e. The average Bonchev–Trinajstić information content (AvgIpc) is 2.37. The highest BCUT2D eigenvalue weighted by Crippen LogP contribution is 2.28. The van der Waals surface area contributed by atoms with Gasteiger partial charge in [-0.2, -0.15) is 0 Å². The van der Waals surface area contributed by atoms with Gasteiger partial charge in [0.15, 0.2) is 0 Å². The first-order chi connectivity index (χ1) is 9.49. The second kappa shape index (κ2) is 6.19. The van der Waals surface area contributed by atoms with Crippen LogP contribution in [0.15, 0.2) is 40.9 Å². The third-order valence-corrected chi connectivity index (χ3v) is 3.66. The quantitative estimate of drug-likeness (QED) is 0.632. The van der Waals surface area contributed by atoms with Crippen molar-refractivity contribution in [1.82, 2.24) is 0 Å². The summed E-state index contributed by atoms with van der Waals surface area (Å²) >= 11 is 9.04. The van der Waals surface area contributed by atoms with Gasteiger partial charge in [0.2, 0.25) is 0 Å². The lowest BCUT2D eigenvalue weighted by molar-refractivity contribution is -0.385. The van der Waals surface area contributed by atoms with Crippen molar-refractivity contribution in [1.29, 1.82) is 0 Å². The molecule has 0 aliphatic rings. The van der Waals surface area contributed by atoms with Crippen molar-refractivity contribution in [3.8, 4) is 0 Å². The maximum Gasteiger partial charge on any atom is 0.283 e. The lowest BCUT2D eigenvalue weighted by atomic mass is 10.2. The molecule has 0 bridgehead atoms. The van der Waals surface area contributed by atoms with E-state index in [2.05, 4.69) is 21.2 Å². The second-order valence-corrected chi connectivity index (χ2v) is 5.24. The Morgan fingerprint density at radius 1 is 1.35 bits per heavy atom. The first-order valence-corrected chi connectivity index (χ1v) is 6.77. The number of hydrogen-bond acceptors (Lipinski definition) is 3. The molecule has 0 spiro atoms. The van der Waals surface area contributed by atoms with Crippen LogP contribution in [0.1, 0.15) is 5.56 Å². The summed E-state index contributed by atoms with van der Waals surface area (Å²) in [4.78, 5) is 10.2. The summed E-state index contributed by atoms with van der Waals surface area (Å²) in [6.07, 6.45) is 0. The summed E-state index contributed by atoms with van der Waals surface area (Å²) in [5.74, 6) is -0.397. The Kier molecular flexibility index (Phi) is 4.57. The molecule has 0 atom stereocenters. The fourth-order valence-corrected chi connectivity index (χ4v) is 2.41. The highest BCUT2D eigenvalue weighted by Gasteiger charge is 2.12. The molecule has 0 aliphatic heterocycles. The van der Waals surface area contributed by atoms with Gasteiger partial charge in [-0.15, -0.1) is 0 Å². The molecule has 0 saturated heterocycles. The largest absolute Gasteiger partial charge is 0.381 e. The Morgan fingerprint density at radius 3 is 2.70 bits per heavy atom. The van der Waals surface area contributed by atoms with E-state index in [4.69, 9.17) is 11.6 Å². The van der Waals surface area contributed by atoms with Crippen LogP contribution in [0.3, 0.4) is 0 Å². The van der Waals surface area contributed by atoms with Gasteiger partial charge in [0.05, 0.1) is 9.40 Å². The van der Waals surface area contributed by atoms with Crippen molar-refractivity contribution in [2.45, 2.75) is 6.54 Å². The molecule has 0 fully saturated rings. The predicted octanol–water partition coefficient (Wildman–Crippen LogP) is 4.76. The van der Waals surface area contributed by atoms with Gasteiger partial charge < -0.3 is 5.32 Å². The molecule has 0 amide bonds. The first-order valence-electron chi connectivity index (χ1n) is 5.59. The molecular weight excluding hydrogens is 351 g/mol. The van der Waals surface area contributed by atoms with Crippen molar-refractivity contribution in [2.24, 2.45) is 0 Å². The average molecular weight is 360 g/mol. The number of nitro benzene ring substituents is 1. The Balaban J connectivity index is 2.16. The van der Waals surface area contributed by atoms with Gasteiger partial charge in [0, 0.05) is 28.9 Å². The molecule has 0 aromatic heterocycles. The van der Waals surface area contributed by atoms with Gasteiger partial charge in [-0.1, -0.05) is 17.7 Å². The van der Waals surface area contributed by atoms with Gasteiger partial charge in [-0.3, -0.25) is 10.1 Å². The maximum atomic E-state index is 13.6. The van der Waals surface area contributed by atoms with Crippen LogP contribution in [0.4, 0.5) is 15.8 Å². The van der Waals surface area contributed by atoms with Crippen LogP contribution in [0.25, 0.3) is 0 Å². The van der Waals surface area contributed by atoms with E-state index in [-0.39, 0.29) is 12.2 Å². The van der Waals surface area contributed by atoms with Gasteiger partial charge in [-0.25, -0.2) is 4.39 Å². The minimum atomic E-state index is -0.485. The zero-order valence-electron chi connectivity index (χ0n) is 10.1. The lowest BCUT2D eigenvalue weighted by Crippen LogP contribution is -2.03. The van der Waals surface area contributed by atoms with E-state index >= 15 is 0 Å². The number of anilines is 1. The molecule has 0 heterocycles. The summed E-state index contributed by atoms with van der Waals surface area (Å²) in [6, 6.07) is 8.95. The van der Waals surface area contributed by atoms with Crippen molar-refractivity contribution in [3.63, 3.8) is 0 Å². The normalized spacial score (nSPS) is 10.3. The smallest absolute Gasteiger partial charge is 0.283 e. The van der Waals surface area contributed by atoms with Crippen LogP contribution in [0.5, 0.6) is 0 Å². The van der Waals surface area contributed by atoms with E-state index in [1.54, 1.807) is 18.2 Å². The molecule has 104 valence electrons. The van der Waals surface area contributed by atoms with Crippen molar-refractivity contribution >= 4 is 38.9 Å². The van der Waals surface area contributed by atoms with E-state index in [0.29, 0.717) is 20.7 Å². The fourth-order valence-electron chi connectivity index (χ4n) is 1.66. The zero-order chi connectivity index (χ0) is 14.7. The van der Waals surface area contributed by atoms with Gasteiger partial charge >= 0.3 is 0 Å². The highest BCUT2D eigenvalue weighted by molar-refractivity contribution is 9.10. The number of rotatable bonds is 4. The third-order valence-electron chi connectivity index (χ3n) is 2.68. The van der Waals surface area contributed by atoms with Gasteiger partial charge in [-0.05, 0) is 40.2 Å². The number of nitrogens with zero attached hydrogens (tertiary/aromatic N) is 1. The highest BCUT2D eigenvalue weighted by atomic mass is 79.9. The number of benzene rings is 2. The molecule has 0 unspecified atom stereocenters. The second-order valence-electron chi connectivity index (χ2n) is 3.98. The first kappa shape index (κ1) is 14.7. The standard InChI is InChI=1S/C13H9BrClFN2O2/c14-10-6-8(4-5-13(10)18(19)20)17-7-9-11(15)2-1-3-12(9)16/h1-6,17H,7H2. The van der Waals surface area contributed by atoms with E-state index in [1.165, 1.54) is 18.2 Å². The SMILES string of the molecule is O=[N+]([O-])c1ccc(NCc2c(F)cccc2Cl)cc1Br. The van der Waals surface area contributed by atoms with E-state index in [9.17, 15) is 14.5 Å². The number of nitro groups is 1. The zero-order valence-corrected chi connectivity index (χ0v) is 12.4. The number of nitrogens with one attached hydrogen (secondary N) is 1. The summed E-state index contributed by atoms with van der Waals surface area (Å²) in [7, 11) is 0. The molecule has 2 rings (SSSR count). The van der Waals surface area contributed by atoms with Crippen LogP contribution in [0.2, 0.25) is 5.02 Å². The Labute approximate surface area is 127 Å². The molecule has 2 aromatic rings. The third kappa shape index (κ3) is 3.26. The molecule has 7 heteroatoms. The molecular formula is C13H9BrClFN2O2. The monoisotopic (exact) mass is 358 g/mol. The lowest BCUT2D eigenvalue weighted by Gasteiger charge is -2.09. The van der Waals surface area contributed by atoms with Crippen LogP contribution < -0.4 is 5.32 Å². The molecule has 0 radical (unpaired) electrons. The molecule has 4 nitrogen and oxygen atoms in total. The van der Waals surface area contributed by atoms with Gasteiger partial charge in [0.1, 0.15) is 5.82 Å². The molecule has 1 N–H and O–H groups in total. The molecule has 0 aliphatic carbocycles. The van der Waals surface area contributed by atoms with Crippen molar-refractivity contribution < 1.29 is 9.31 Å². The Morgan fingerprint density at radius 2 is 2.10 bits per heavy atom. The predicted molar refractivity (Wildman–Crippen MR) is 79.5 cm³/mol. The number of halogens is 3.